The summed E-state index contributed by atoms with van der Waals surface area (Å²) in [7, 11) is -3.58. The van der Waals surface area contributed by atoms with Gasteiger partial charge in [0.05, 0.1) is 18.2 Å². The Morgan fingerprint density at radius 2 is 1.93 bits per heavy atom. The number of carbonyl (C=O) groups excluding carboxylic acids is 2. The van der Waals surface area contributed by atoms with E-state index in [0.29, 0.717) is 40.4 Å². The fourth-order valence-corrected chi connectivity index (χ4v) is 7.01. The van der Waals surface area contributed by atoms with Crippen LogP contribution in [0.15, 0.2) is 48.8 Å². The minimum atomic E-state index is -3.58. The van der Waals surface area contributed by atoms with Gasteiger partial charge >= 0.3 is 0 Å². The van der Waals surface area contributed by atoms with Crippen molar-refractivity contribution in [2.45, 2.75) is 56.3 Å². The van der Waals surface area contributed by atoms with Crippen LogP contribution in [0, 0.1) is 0 Å². The van der Waals surface area contributed by atoms with E-state index in [-0.39, 0.29) is 17.5 Å². The molecule has 0 radical (unpaired) electrons. The number of hydrogen-bond donors (Lipinski definition) is 3. The van der Waals surface area contributed by atoms with Crippen molar-refractivity contribution in [3.63, 3.8) is 0 Å². The molecule has 3 aromatic rings. The van der Waals surface area contributed by atoms with Crippen LogP contribution in [0.25, 0.3) is 0 Å². The number of rotatable bonds is 8. The number of fused-ring (bicyclic) bond motifs is 1. The molecule has 0 saturated heterocycles. The Balaban J connectivity index is 1.61. The van der Waals surface area contributed by atoms with Gasteiger partial charge in [-0.25, -0.2) is 23.6 Å². The van der Waals surface area contributed by atoms with Crippen molar-refractivity contribution in [3.05, 3.63) is 81.4 Å². The number of aromatic amines is 1. The number of hydrogen-bond acceptors (Lipinski definition) is 7. The van der Waals surface area contributed by atoms with Gasteiger partial charge in [-0.05, 0) is 42.2 Å². The first-order valence-corrected chi connectivity index (χ1v) is 15.4. The lowest BCUT2D eigenvalue weighted by molar-refractivity contribution is -0.138. The molecule has 1 aliphatic heterocycles. The predicted octanol–water partition coefficient (Wildman–Crippen LogP) is 3.50. The maximum Gasteiger partial charge on any atom is 0.255 e. The monoisotopic (exact) mass is 606 g/mol. The lowest BCUT2D eigenvalue weighted by atomic mass is 9.76. The molecule has 0 bridgehead atoms. The van der Waals surface area contributed by atoms with E-state index in [1.807, 2.05) is 0 Å². The molecule has 2 aromatic carbocycles. The van der Waals surface area contributed by atoms with Crippen LogP contribution >= 0.6 is 23.2 Å². The number of hydroxylamine groups is 1. The summed E-state index contributed by atoms with van der Waals surface area (Å²) >= 11 is 12.9. The first-order valence-electron chi connectivity index (χ1n) is 12.7. The summed E-state index contributed by atoms with van der Waals surface area (Å²) in [5.74, 6) is -1.35. The van der Waals surface area contributed by atoms with Gasteiger partial charge in [-0.15, -0.1) is 0 Å². The zero-order valence-corrected chi connectivity index (χ0v) is 23.8. The van der Waals surface area contributed by atoms with Crippen molar-refractivity contribution >= 4 is 45.0 Å². The van der Waals surface area contributed by atoms with Crippen molar-refractivity contribution < 1.29 is 22.8 Å². The molecule has 3 N–H and O–H groups in total. The zero-order valence-electron chi connectivity index (χ0n) is 21.5. The Bertz CT molecular complexity index is 1500. The van der Waals surface area contributed by atoms with Crippen molar-refractivity contribution in [1.82, 2.24) is 30.3 Å². The summed E-state index contributed by atoms with van der Waals surface area (Å²) < 4.78 is 27.3. The van der Waals surface area contributed by atoms with E-state index in [0.717, 1.165) is 19.1 Å². The van der Waals surface area contributed by atoms with Crippen molar-refractivity contribution in [2.75, 3.05) is 6.26 Å². The molecule has 1 saturated carbocycles. The average Bonchev–Trinajstić information content (AvgIpc) is 3.42. The maximum atomic E-state index is 14.2. The third kappa shape index (κ3) is 6.01. The quantitative estimate of drug-likeness (QED) is 0.332. The minimum absolute atomic E-state index is 0.0574. The standard InChI is InChI=1S/C26H28Cl2N6O5S/c1-40(37,38)33-20-8-4-5-9-21(20)34-24(18-11-10-15(27)12-19(18)28)23(16-6-2-3-7-17(16)26(34)36)25(35)32-39-13-22-29-14-30-31-22/h2-3,6-7,10-12,14,20-21,23-24,33H,4-5,8-9,13H2,1H3,(H,32,35)(H,29,30,31). The van der Waals surface area contributed by atoms with E-state index in [4.69, 9.17) is 28.0 Å². The van der Waals surface area contributed by atoms with Crippen molar-refractivity contribution in [3.8, 4) is 0 Å². The van der Waals surface area contributed by atoms with Gasteiger partial charge in [0.2, 0.25) is 10.0 Å². The maximum absolute atomic E-state index is 14.2. The Kier molecular flexibility index (Phi) is 8.43. The van der Waals surface area contributed by atoms with Gasteiger partial charge in [0.1, 0.15) is 12.9 Å². The smallest absolute Gasteiger partial charge is 0.255 e. The summed E-state index contributed by atoms with van der Waals surface area (Å²) in [6.45, 7) is -0.0574. The van der Waals surface area contributed by atoms with Gasteiger partial charge < -0.3 is 4.90 Å². The molecule has 1 fully saturated rings. The van der Waals surface area contributed by atoms with Crippen molar-refractivity contribution in [1.29, 1.82) is 0 Å². The van der Waals surface area contributed by atoms with Gasteiger partial charge in [0, 0.05) is 27.7 Å². The molecular weight excluding hydrogens is 579 g/mol. The second kappa shape index (κ2) is 11.8. The summed E-state index contributed by atoms with van der Waals surface area (Å²) in [6.07, 6.45) is 5.09. The SMILES string of the molecule is CS(=O)(=O)NC1CCCCC1N1C(=O)c2ccccc2C(C(=O)NOCc2ncn[nH]2)C1c1ccc(Cl)cc1Cl. The van der Waals surface area contributed by atoms with Gasteiger partial charge in [-0.3, -0.25) is 19.5 Å². The molecule has 4 atom stereocenters. The molecule has 2 heterocycles. The highest BCUT2D eigenvalue weighted by Gasteiger charge is 2.49. The highest BCUT2D eigenvalue weighted by atomic mass is 35.5. The number of carbonyl (C=O) groups is 2. The molecule has 11 nitrogen and oxygen atoms in total. The lowest BCUT2D eigenvalue weighted by Crippen LogP contribution is -2.59. The number of sulfonamides is 1. The highest BCUT2D eigenvalue weighted by Crippen LogP contribution is 2.47. The van der Waals surface area contributed by atoms with E-state index in [1.54, 1.807) is 47.4 Å². The summed E-state index contributed by atoms with van der Waals surface area (Å²) in [5.41, 5.74) is 3.87. The third-order valence-corrected chi connectivity index (χ3v) is 8.53. The Labute approximate surface area is 241 Å². The molecule has 2 amide bonds. The third-order valence-electron chi connectivity index (χ3n) is 7.24. The van der Waals surface area contributed by atoms with E-state index in [1.165, 1.54) is 6.33 Å². The molecular formula is C26H28Cl2N6O5S. The molecule has 2 aliphatic rings. The molecule has 4 unspecified atom stereocenters. The largest absolute Gasteiger partial charge is 0.326 e. The first-order chi connectivity index (χ1) is 19.1. The second-order valence-corrected chi connectivity index (χ2v) is 12.5. The van der Waals surface area contributed by atoms with Crippen LogP contribution < -0.4 is 10.2 Å². The van der Waals surface area contributed by atoms with Crippen molar-refractivity contribution in [2.24, 2.45) is 0 Å². The fraction of sp³-hybridized carbons (Fsp3) is 0.385. The van der Waals surface area contributed by atoms with E-state index < -0.39 is 40.0 Å². The summed E-state index contributed by atoms with van der Waals surface area (Å²) in [5, 5.41) is 7.09. The van der Waals surface area contributed by atoms with Crippen LogP contribution in [-0.4, -0.2) is 58.7 Å². The number of aromatic nitrogens is 3. The summed E-state index contributed by atoms with van der Waals surface area (Å²) in [4.78, 5) is 39.2. The topological polar surface area (TPSA) is 146 Å². The Morgan fingerprint density at radius 1 is 1.15 bits per heavy atom. The predicted molar refractivity (Wildman–Crippen MR) is 148 cm³/mol. The Morgan fingerprint density at radius 3 is 2.65 bits per heavy atom. The first kappa shape index (κ1) is 28.5. The molecule has 0 spiro atoms. The van der Waals surface area contributed by atoms with Crippen LogP contribution in [0.1, 0.15) is 65.0 Å². The van der Waals surface area contributed by atoms with Gasteiger partial charge in [-0.2, -0.15) is 5.10 Å². The number of halogens is 2. The normalized spacial score (nSPS) is 23.1. The van der Waals surface area contributed by atoms with Crippen LogP contribution in [0.3, 0.4) is 0 Å². The van der Waals surface area contributed by atoms with E-state index >= 15 is 0 Å². The summed E-state index contributed by atoms with van der Waals surface area (Å²) in [6, 6.07) is 9.83. The lowest BCUT2D eigenvalue weighted by Gasteiger charge is -2.49. The number of nitrogens with one attached hydrogen (secondary N) is 3. The van der Waals surface area contributed by atoms with Crippen LogP contribution in [0.4, 0.5) is 0 Å². The van der Waals surface area contributed by atoms with Gasteiger partial charge in [-0.1, -0.05) is 60.3 Å². The number of H-pyrrole nitrogens is 1. The van der Waals surface area contributed by atoms with Gasteiger partial charge in [0.15, 0.2) is 5.82 Å². The zero-order chi connectivity index (χ0) is 28.4. The molecule has 5 rings (SSSR count). The molecule has 1 aromatic heterocycles. The highest BCUT2D eigenvalue weighted by molar-refractivity contribution is 7.88. The van der Waals surface area contributed by atoms with Crippen LogP contribution in [0.5, 0.6) is 0 Å². The number of nitrogens with zero attached hydrogens (tertiary/aromatic N) is 3. The number of amides is 2. The molecule has 40 heavy (non-hydrogen) atoms. The van der Waals surface area contributed by atoms with Crippen LogP contribution in [-0.2, 0) is 26.3 Å². The Hall–Kier alpha value is -3.03. The molecule has 14 heteroatoms. The van der Waals surface area contributed by atoms with E-state index in [2.05, 4.69) is 25.4 Å². The van der Waals surface area contributed by atoms with Crippen LogP contribution in [0.2, 0.25) is 10.0 Å². The average molecular weight is 608 g/mol. The molecule has 212 valence electrons. The number of benzene rings is 2. The minimum Gasteiger partial charge on any atom is -0.326 e. The van der Waals surface area contributed by atoms with E-state index in [9.17, 15) is 18.0 Å². The molecule has 1 aliphatic carbocycles. The second-order valence-electron chi connectivity index (χ2n) is 9.92. The fourth-order valence-electron chi connectivity index (χ4n) is 5.67. The van der Waals surface area contributed by atoms with Gasteiger partial charge in [0.25, 0.3) is 11.8 Å².